The van der Waals surface area contributed by atoms with E-state index in [-0.39, 0.29) is 23.6 Å². The van der Waals surface area contributed by atoms with E-state index in [9.17, 15) is 9.18 Å². The Labute approximate surface area is 189 Å². The Hall–Kier alpha value is -2.21. The summed E-state index contributed by atoms with van der Waals surface area (Å²) in [6, 6.07) is 4.75. The minimum atomic E-state index is -0.323. The van der Waals surface area contributed by atoms with Crippen LogP contribution in [0.3, 0.4) is 0 Å². The van der Waals surface area contributed by atoms with Gasteiger partial charge in [-0.05, 0) is 25.5 Å². The number of amides is 1. The second-order valence-electron chi connectivity index (χ2n) is 8.62. The lowest BCUT2D eigenvalue weighted by Gasteiger charge is -2.37. The molecule has 1 aliphatic heterocycles. The van der Waals surface area contributed by atoms with Crippen LogP contribution >= 0.6 is 11.6 Å². The highest BCUT2D eigenvalue weighted by Crippen LogP contribution is 2.30. The van der Waals surface area contributed by atoms with Gasteiger partial charge in [0, 0.05) is 66.3 Å². The van der Waals surface area contributed by atoms with Crippen molar-refractivity contribution < 1.29 is 9.18 Å². The van der Waals surface area contributed by atoms with Gasteiger partial charge in [-0.1, -0.05) is 45.4 Å². The molecule has 0 saturated carbocycles. The molecule has 168 valence electrons. The molecule has 0 N–H and O–H groups in total. The summed E-state index contributed by atoms with van der Waals surface area (Å²) in [6.07, 6.45) is 1.27. The zero-order valence-electron chi connectivity index (χ0n) is 19.1. The number of aryl methyl sites for hydroxylation is 1. The molecule has 1 aliphatic rings. The van der Waals surface area contributed by atoms with Gasteiger partial charge in [-0.3, -0.25) is 4.79 Å². The number of carbonyl (C=O) groups excluding carboxylic acids is 1. The van der Waals surface area contributed by atoms with Crippen LogP contribution < -0.4 is 4.90 Å². The summed E-state index contributed by atoms with van der Waals surface area (Å²) < 4.78 is 14.5. The van der Waals surface area contributed by atoms with E-state index in [0.717, 1.165) is 29.3 Å². The van der Waals surface area contributed by atoms with Crippen molar-refractivity contribution in [2.45, 2.75) is 53.4 Å². The minimum absolute atomic E-state index is 0.0105. The zero-order chi connectivity index (χ0) is 22.7. The summed E-state index contributed by atoms with van der Waals surface area (Å²) in [5.41, 5.74) is 2.20. The lowest BCUT2D eigenvalue weighted by Crippen LogP contribution is -2.50. The fourth-order valence-electron chi connectivity index (χ4n) is 3.86. The normalized spacial score (nSPS) is 15.5. The molecular weight excluding hydrogens is 415 g/mol. The molecule has 1 aromatic carbocycles. The van der Waals surface area contributed by atoms with Gasteiger partial charge in [0.15, 0.2) is 0 Å². The number of piperazine rings is 1. The molecule has 5 nitrogen and oxygen atoms in total. The molecule has 0 spiro atoms. The van der Waals surface area contributed by atoms with Gasteiger partial charge in [0.05, 0.1) is 0 Å². The van der Waals surface area contributed by atoms with Gasteiger partial charge in [-0.25, -0.2) is 14.4 Å². The molecule has 2 aromatic rings. The van der Waals surface area contributed by atoms with Gasteiger partial charge in [-0.2, -0.15) is 0 Å². The van der Waals surface area contributed by atoms with Crippen LogP contribution in [0.5, 0.6) is 0 Å². The van der Waals surface area contributed by atoms with Crippen molar-refractivity contribution >= 4 is 23.3 Å². The Morgan fingerprint density at radius 2 is 1.81 bits per heavy atom. The molecular formula is C24H32ClFN4O. The molecule has 31 heavy (non-hydrogen) atoms. The number of halogens is 2. The Balaban J connectivity index is 1.97. The number of hydrogen-bond donors (Lipinski definition) is 0. The standard InChI is InChI=1S/C24H32ClFN4O/c1-6-16(4)22-27-17(5)18(14-19-20(25)8-7-9-21(19)26)23(28-22)29-10-12-30(13-11-29)24(31)15(2)3/h7-9,15-16H,6,10-14H2,1-5H3/t16-/m1/s1. The van der Waals surface area contributed by atoms with Gasteiger partial charge < -0.3 is 9.80 Å². The summed E-state index contributed by atoms with van der Waals surface area (Å²) >= 11 is 6.32. The summed E-state index contributed by atoms with van der Waals surface area (Å²) in [6.45, 7) is 12.7. The Kier molecular flexibility index (Phi) is 7.52. The number of hydrogen-bond acceptors (Lipinski definition) is 4. The first-order valence-corrected chi connectivity index (χ1v) is 11.4. The highest BCUT2D eigenvalue weighted by atomic mass is 35.5. The molecule has 1 saturated heterocycles. The van der Waals surface area contributed by atoms with Gasteiger partial charge >= 0.3 is 0 Å². The molecule has 1 aromatic heterocycles. The molecule has 2 heterocycles. The fourth-order valence-corrected chi connectivity index (χ4v) is 4.09. The monoisotopic (exact) mass is 446 g/mol. The van der Waals surface area contributed by atoms with E-state index in [1.54, 1.807) is 12.1 Å². The SMILES string of the molecule is CC[C@@H](C)c1nc(C)c(Cc2c(F)cccc2Cl)c(N2CCN(C(=O)C(C)C)CC2)n1. The molecule has 7 heteroatoms. The molecule has 0 aliphatic carbocycles. The average molecular weight is 447 g/mol. The topological polar surface area (TPSA) is 49.3 Å². The Morgan fingerprint density at radius 3 is 2.39 bits per heavy atom. The van der Waals surface area contributed by atoms with E-state index in [2.05, 4.69) is 18.7 Å². The molecule has 1 atom stereocenters. The lowest BCUT2D eigenvalue weighted by molar-refractivity contribution is -0.134. The molecule has 3 rings (SSSR count). The van der Waals surface area contributed by atoms with Crippen molar-refractivity contribution in [3.63, 3.8) is 0 Å². The number of anilines is 1. The van der Waals surface area contributed by atoms with E-state index in [1.807, 2.05) is 25.7 Å². The third-order valence-electron chi connectivity index (χ3n) is 6.06. The third kappa shape index (κ3) is 5.17. The second-order valence-corrected chi connectivity index (χ2v) is 9.03. The van der Waals surface area contributed by atoms with Crippen LogP contribution in [0.15, 0.2) is 18.2 Å². The van der Waals surface area contributed by atoms with Crippen LogP contribution in [0.1, 0.15) is 62.7 Å². The number of carbonyl (C=O) groups is 1. The first-order valence-electron chi connectivity index (χ1n) is 11.1. The molecule has 0 unspecified atom stereocenters. The van der Waals surface area contributed by atoms with Crippen LogP contribution in [0, 0.1) is 18.7 Å². The maximum absolute atomic E-state index is 14.5. The van der Waals surface area contributed by atoms with E-state index < -0.39 is 0 Å². The molecule has 1 fully saturated rings. The Morgan fingerprint density at radius 1 is 1.13 bits per heavy atom. The smallest absolute Gasteiger partial charge is 0.225 e. The summed E-state index contributed by atoms with van der Waals surface area (Å²) in [4.78, 5) is 26.2. The summed E-state index contributed by atoms with van der Waals surface area (Å²) in [7, 11) is 0. The highest BCUT2D eigenvalue weighted by molar-refractivity contribution is 6.31. The van der Waals surface area contributed by atoms with Crippen LogP contribution in [-0.4, -0.2) is 47.0 Å². The van der Waals surface area contributed by atoms with Crippen LogP contribution in [0.2, 0.25) is 5.02 Å². The van der Waals surface area contributed by atoms with E-state index in [4.69, 9.17) is 21.6 Å². The molecule has 0 bridgehead atoms. The quantitative estimate of drug-likeness (QED) is 0.627. The number of rotatable bonds is 6. The van der Waals surface area contributed by atoms with E-state index >= 15 is 0 Å². The maximum Gasteiger partial charge on any atom is 0.225 e. The van der Waals surface area contributed by atoms with Crippen molar-refractivity contribution in [1.29, 1.82) is 0 Å². The maximum atomic E-state index is 14.5. The van der Waals surface area contributed by atoms with E-state index in [0.29, 0.717) is 43.2 Å². The zero-order valence-corrected chi connectivity index (χ0v) is 19.8. The van der Waals surface area contributed by atoms with Gasteiger partial charge in [-0.15, -0.1) is 0 Å². The van der Waals surface area contributed by atoms with Crippen LogP contribution in [0.4, 0.5) is 10.2 Å². The number of nitrogens with zero attached hydrogens (tertiary/aromatic N) is 4. The van der Waals surface area contributed by atoms with Gasteiger partial charge in [0.25, 0.3) is 0 Å². The van der Waals surface area contributed by atoms with Crippen molar-refractivity contribution in [1.82, 2.24) is 14.9 Å². The van der Waals surface area contributed by atoms with Crippen molar-refractivity contribution in [2.24, 2.45) is 5.92 Å². The summed E-state index contributed by atoms with van der Waals surface area (Å²) in [5, 5.41) is 0.406. The largest absolute Gasteiger partial charge is 0.353 e. The lowest BCUT2D eigenvalue weighted by atomic mass is 10.0. The highest BCUT2D eigenvalue weighted by Gasteiger charge is 2.27. The van der Waals surface area contributed by atoms with Crippen LogP contribution in [-0.2, 0) is 11.2 Å². The van der Waals surface area contributed by atoms with Crippen LogP contribution in [0.25, 0.3) is 0 Å². The van der Waals surface area contributed by atoms with Gasteiger partial charge in [0.2, 0.25) is 5.91 Å². The fraction of sp³-hybridized carbons (Fsp3) is 0.542. The number of aromatic nitrogens is 2. The second kappa shape index (κ2) is 9.94. The Bertz CT molecular complexity index is 921. The summed E-state index contributed by atoms with van der Waals surface area (Å²) in [5.74, 6) is 1.71. The first-order chi connectivity index (χ1) is 14.7. The average Bonchev–Trinajstić information content (AvgIpc) is 2.75. The van der Waals surface area contributed by atoms with E-state index in [1.165, 1.54) is 6.07 Å². The van der Waals surface area contributed by atoms with Crippen molar-refractivity contribution in [3.05, 3.63) is 51.7 Å². The third-order valence-corrected chi connectivity index (χ3v) is 6.42. The van der Waals surface area contributed by atoms with Crippen molar-refractivity contribution in [3.8, 4) is 0 Å². The minimum Gasteiger partial charge on any atom is -0.353 e. The molecule has 0 radical (unpaired) electrons. The predicted molar refractivity (Wildman–Crippen MR) is 123 cm³/mol. The van der Waals surface area contributed by atoms with Crippen molar-refractivity contribution in [2.75, 3.05) is 31.1 Å². The van der Waals surface area contributed by atoms with Gasteiger partial charge in [0.1, 0.15) is 17.5 Å². The predicted octanol–water partition coefficient (Wildman–Crippen LogP) is 4.99. The molecule has 1 amide bonds. The number of benzene rings is 1. The first kappa shape index (κ1) is 23.5.